The molecule has 1 fully saturated rings. The van der Waals surface area contributed by atoms with Crippen molar-refractivity contribution in [3.05, 3.63) is 29.8 Å². The molecule has 2 rings (SSSR count). The van der Waals surface area contributed by atoms with Crippen LogP contribution in [-0.2, 0) is 15.8 Å². The molecule has 0 spiro atoms. The number of nitrogens with zero attached hydrogens (tertiary/aromatic N) is 2. The molecule has 0 saturated carbocycles. The molecule has 0 aromatic heterocycles. The Bertz CT molecular complexity index is 644. The molecular weight excluding hydrogens is 351 g/mol. The molecule has 6 nitrogen and oxygen atoms in total. The van der Waals surface area contributed by atoms with E-state index in [1.54, 1.807) is 0 Å². The van der Waals surface area contributed by atoms with Crippen molar-refractivity contribution in [1.82, 2.24) is 9.80 Å². The molecule has 1 aromatic carbocycles. The third-order valence-electron chi connectivity index (χ3n) is 4.33. The summed E-state index contributed by atoms with van der Waals surface area (Å²) in [7, 11) is 1.98. The first-order valence-corrected chi connectivity index (χ1v) is 8.26. The van der Waals surface area contributed by atoms with Crippen LogP contribution in [0.4, 0.5) is 18.9 Å². The lowest BCUT2D eigenvalue weighted by Gasteiger charge is -2.33. The highest BCUT2D eigenvalue weighted by Crippen LogP contribution is 2.30. The second-order valence-corrected chi connectivity index (χ2v) is 6.47. The summed E-state index contributed by atoms with van der Waals surface area (Å²) in [4.78, 5) is 27.7. The topological polar surface area (TPSA) is 72.9 Å². The van der Waals surface area contributed by atoms with Gasteiger partial charge in [0.05, 0.1) is 11.5 Å². The second kappa shape index (κ2) is 8.50. The van der Waals surface area contributed by atoms with Gasteiger partial charge in [-0.25, -0.2) is 0 Å². The van der Waals surface area contributed by atoms with E-state index in [0.29, 0.717) is 0 Å². The van der Waals surface area contributed by atoms with E-state index in [1.165, 1.54) is 12.1 Å². The van der Waals surface area contributed by atoms with Crippen molar-refractivity contribution in [3.63, 3.8) is 0 Å². The SMILES string of the molecule is CN1CCN(C[C@H](CC(=O)Nc2cccc(C(F)(F)F)c2)C(=O)O)CC1. The Kier molecular flexibility index (Phi) is 6.60. The highest BCUT2D eigenvalue weighted by Gasteiger charge is 2.31. The zero-order chi connectivity index (χ0) is 19.3. The molecule has 0 radical (unpaired) electrons. The number of alkyl halides is 3. The largest absolute Gasteiger partial charge is 0.481 e. The van der Waals surface area contributed by atoms with E-state index in [9.17, 15) is 27.9 Å². The summed E-state index contributed by atoms with van der Waals surface area (Å²) in [6.45, 7) is 3.32. The fourth-order valence-electron chi connectivity index (χ4n) is 2.78. The third-order valence-corrected chi connectivity index (χ3v) is 4.33. The molecule has 26 heavy (non-hydrogen) atoms. The first-order chi connectivity index (χ1) is 12.1. The van der Waals surface area contributed by atoms with Gasteiger partial charge in [0.15, 0.2) is 0 Å². The van der Waals surface area contributed by atoms with Crippen LogP contribution in [0.5, 0.6) is 0 Å². The first kappa shape index (κ1) is 20.2. The molecule has 1 amide bonds. The zero-order valence-electron chi connectivity index (χ0n) is 14.4. The van der Waals surface area contributed by atoms with Gasteiger partial charge in [-0.05, 0) is 25.2 Å². The van der Waals surface area contributed by atoms with Crippen LogP contribution in [0.3, 0.4) is 0 Å². The van der Waals surface area contributed by atoms with Gasteiger partial charge in [0, 0.05) is 44.8 Å². The Morgan fingerprint density at radius 3 is 2.46 bits per heavy atom. The lowest BCUT2D eigenvalue weighted by Crippen LogP contribution is -2.47. The molecule has 9 heteroatoms. The van der Waals surface area contributed by atoms with Crippen LogP contribution in [0.25, 0.3) is 0 Å². The van der Waals surface area contributed by atoms with Crippen LogP contribution in [0, 0.1) is 5.92 Å². The van der Waals surface area contributed by atoms with Crippen LogP contribution < -0.4 is 5.32 Å². The van der Waals surface area contributed by atoms with Crippen molar-refractivity contribution in [3.8, 4) is 0 Å². The lowest BCUT2D eigenvalue weighted by molar-refractivity contribution is -0.144. The maximum atomic E-state index is 12.7. The van der Waals surface area contributed by atoms with Crippen molar-refractivity contribution in [1.29, 1.82) is 0 Å². The number of halogens is 3. The van der Waals surface area contributed by atoms with Crippen LogP contribution in [0.2, 0.25) is 0 Å². The molecule has 144 valence electrons. The highest BCUT2D eigenvalue weighted by molar-refractivity contribution is 5.93. The van der Waals surface area contributed by atoms with E-state index in [-0.39, 0.29) is 18.7 Å². The minimum Gasteiger partial charge on any atom is -0.481 e. The van der Waals surface area contributed by atoms with Gasteiger partial charge in [0.2, 0.25) is 5.91 Å². The van der Waals surface area contributed by atoms with Crippen LogP contribution in [-0.4, -0.2) is 66.6 Å². The molecule has 1 aliphatic rings. The van der Waals surface area contributed by atoms with Crippen molar-refractivity contribution in [2.45, 2.75) is 12.6 Å². The van der Waals surface area contributed by atoms with E-state index >= 15 is 0 Å². The minimum absolute atomic E-state index is 0.00596. The monoisotopic (exact) mass is 373 g/mol. The second-order valence-electron chi connectivity index (χ2n) is 6.47. The highest BCUT2D eigenvalue weighted by atomic mass is 19.4. The number of aliphatic carboxylic acids is 1. The van der Waals surface area contributed by atoms with Crippen LogP contribution in [0.1, 0.15) is 12.0 Å². The Morgan fingerprint density at radius 1 is 1.23 bits per heavy atom. The first-order valence-electron chi connectivity index (χ1n) is 8.26. The van der Waals surface area contributed by atoms with Gasteiger partial charge in [-0.1, -0.05) is 6.07 Å². The number of likely N-dealkylation sites (N-methyl/N-ethyl adjacent to an activating group) is 1. The Balaban J connectivity index is 1.94. The van der Waals surface area contributed by atoms with E-state index in [0.717, 1.165) is 38.3 Å². The number of piperazine rings is 1. The summed E-state index contributed by atoms with van der Waals surface area (Å²) in [5.74, 6) is -2.63. The molecular formula is C17H22F3N3O3. The van der Waals surface area contributed by atoms with Crippen molar-refractivity contribution < 1.29 is 27.9 Å². The van der Waals surface area contributed by atoms with Crippen molar-refractivity contribution >= 4 is 17.6 Å². The van der Waals surface area contributed by atoms with E-state index < -0.39 is 29.5 Å². The summed E-state index contributed by atoms with van der Waals surface area (Å²) < 4.78 is 38.1. The molecule has 1 aliphatic heterocycles. The molecule has 1 atom stereocenters. The van der Waals surface area contributed by atoms with Crippen molar-refractivity contribution in [2.75, 3.05) is 45.1 Å². The molecule has 1 heterocycles. The minimum atomic E-state index is -4.51. The molecule has 0 unspecified atom stereocenters. The number of nitrogens with one attached hydrogen (secondary N) is 1. The number of rotatable bonds is 6. The number of benzene rings is 1. The van der Waals surface area contributed by atoms with Gasteiger partial charge in [-0.2, -0.15) is 13.2 Å². The van der Waals surface area contributed by atoms with E-state index in [4.69, 9.17) is 0 Å². The van der Waals surface area contributed by atoms with Gasteiger partial charge in [-0.3, -0.25) is 14.5 Å². The summed E-state index contributed by atoms with van der Waals surface area (Å²) in [5, 5.41) is 11.7. The zero-order valence-corrected chi connectivity index (χ0v) is 14.4. The summed E-state index contributed by atoms with van der Waals surface area (Å²) in [5.41, 5.74) is -0.879. The number of carbonyl (C=O) groups is 2. The normalized spacial score (nSPS) is 17.7. The van der Waals surface area contributed by atoms with Crippen LogP contribution in [0.15, 0.2) is 24.3 Å². The van der Waals surface area contributed by atoms with E-state index in [2.05, 4.69) is 10.2 Å². The van der Waals surface area contributed by atoms with Crippen LogP contribution >= 0.6 is 0 Å². The average Bonchev–Trinajstić information content (AvgIpc) is 2.55. The molecule has 1 aromatic rings. The number of amides is 1. The quantitative estimate of drug-likeness (QED) is 0.798. The maximum absolute atomic E-state index is 12.7. The summed E-state index contributed by atoms with van der Waals surface area (Å²) in [6.07, 6.45) is -4.80. The smallest absolute Gasteiger partial charge is 0.416 e. The number of carboxylic acids is 1. The Morgan fingerprint density at radius 2 is 1.88 bits per heavy atom. The fourth-order valence-corrected chi connectivity index (χ4v) is 2.78. The van der Waals surface area contributed by atoms with Gasteiger partial charge in [0.25, 0.3) is 0 Å². The lowest BCUT2D eigenvalue weighted by atomic mass is 10.0. The Labute approximate surface area is 149 Å². The summed E-state index contributed by atoms with van der Waals surface area (Å²) >= 11 is 0. The van der Waals surface area contributed by atoms with Gasteiger partial charge < -0.3 is 15.3 Å². The third kappa shape index (κ3) is 5.99. The number of anilines is 1. The van der Waals surface area contributed by atoms with E-state index in [1.807, 2.05) is 11.9 Å². The molecule has 2 N–H and O–H groups in total. The van der Waals surface area contributed by atoms with Gasteiger partial charge in [-0.15, -0.1) is 0 Å². The predicted molar refractivity (Wildman–Crippen MR) is 89.8 cm³/mol. The molecule has 0 aliphatic carbocycles. The molecule has 0 bridgehead atoms. The maximum Gasteiger partial charge on any atom is 0.416 e. The Hall–Kier alpha value is -2.13. The summed E-state index contributed by atoms with van der Waals surface area (Å²) in [6, 6.07) is 4.26. The van der Waals surface area contributed by atoms with Gasteiger partial charge >= 0.3 is 12.1 Å². The number of carboxylic acid groups (broad SMARTS) is 1. The number of carbonyl (C=O) groups excluding carboxylic acids is 1. The number of hydrogen-bond donors (Lipinski definition) is 2. The number of hydrogen-bond acceptors (Lipinski definition) is 4. The fraction of sp³-hybridized carbons (Fsp3) is 0.529. The average molecular weight is 373 g/mol. The molecule has 1 saturated heterocycles. The van der Waals surface area contributed by atoms with Gasteiger partial charge in [0.1, 0.15) is 0 Å². The van der Waals surface area contributed by atoms with Crippen molar-refractivity contribution in [2.24, 2.45) is 5.92 Å². The standard InChI is InChI=1S/C17H22F3N3O3/c1-22-5-7-23(8-6-22)11-12(16(25)26)9-15(24)21-14-4-2-3-13(10-14)17(18,19)20/h2-4,10,12H,5-9,11H2,1H3,(H,21,24)(H,25,26)/t12-/m0/s1. The predicted octanol–water partition coefficient (Wildman–Crippen LogP) is 1.98.